The number of hydrogen-bond donors (Lipinski definition) is 2. The van der Waals surface area contributed by atoms with E-state index < -0.39 is 37.6 Å². The van der Waals surface area contributed by atoms with Crippen molar-refractivity contribution in [1.82, 2.24) is 15.5 Å². The third kappa shape index (κ3) is 8.46. The number of ether oxygens (including phenoxy) is 2. The average molecular weight is 514 g/mol. The zero-order valence-corrected chi connectivity index (χ0v) is 24.5. The molecule has 2 rings (SSSR count). The Bertz CT molecular complexity index is 796. The van der Waals surface area contributed by atoms with Gasteiger partial charge in [-0.05, 0) is 78.4 Å². The van der Waals surface area contributed by atoms with Crippen LogP contribution in [0.15, 0.2) is 0 Å². The molecular formula is C25H47N3O6Si. The fourth-order valence-electron chi connectivity index (χ4n) is 4.23. The number of hydrogen-bond acceptors (Lipinski definition) is 7. The SMILES string of the molecule is CC(C)(C)OC(=O)NC(=O)C1CC([C@@H]2C[C@@H](O[Si](C)(C)C(C)(C)C)CN2C(=O)OC(C)(C)C)CN1. The summed E-state index contributed by atoms with van der Waals surface area (Å²) in [7, 11) is -2.03. The summed E-state index contributed by atoms with van der Waals surface area (Å²) in [4.78, 5) is 39.6. The van der Waals surface area contributed by atoms with E-state index in [1.54, 1.807) is 25.7 Å². The number of carbonyl (C=O) groups excluding carboxylic acids is 3. The van der Waals surface area contributed by atoms with Crippen molar-refractivity contribution in [3.05, 3.63) is 0 Å². The second-order valence-corrected chi connectivity index (χ2v) is 18.1. The van der Waals surface area contributed by atoms with Crippen LogP contribution >= 0.6 is 0 Å². The van der Waals surface area contributed by atoms with Gasteiger partial charge in [-0.25, -0.2) is 9.59 Å². The number of rotatable bonds is 4. The van der Waals surface area contributed by atoms with E-state index in [1.807, 2.05) is 20.8 Å². The van der Waals surface area contributed by atoms with E-state index in [0.717, 1.165) is 0 Å². The Morgan fingerprint density at radius 2 is 1.49 bits per heavy atom. The molecular weight excluding hydrogens is 466 g/mol. The lowest BCUT2D eigenvalue weighted by molar-refractivity contribution is -0.122. The molecule has 2 unspecified atom stereocenters. The minimum absolute atomic E-state index is 0.0323. The largest absolute Gasteiger partial charge is 0.444 e. The zero-order valence-electron chi connectivity index (χ0n) is 23.5. The predicted octanol–water partition coefficient (Wildman–Crippen LogP) is 4.42. The Balaban J connectivity index is 2.12. The van der Waals surface area contributed by atoms with Crippen LogP contribution in [0.2, 0.25) is 18.1 Å². The van der Waals surface area contributed by atoms with E-state index in [0.29, 0.717) is 25.9 Å². The molecule has 0 radical (unpaired) electrons. The standard InChI is InChI=1S/C25H47N3O6Si/c1-23(2,3)32-21(30)27-20(29)18-12-16(14-26-18)19-13-17(34-35(10,11)25(7,8)9)15-28(19)22(31)33-24(4,5)6/h16-19,26H,12-15H2,1-11H3,(H,27,29,30)/t16?,17-,18?,19+/m1/s1. The molecule has 0 aromatic heterocycles. The third-order valence-electron chi connectivity index (χ3n) is 6.85. The van der Waals surface area contributed by atoms with E-state index in [4.69, 9.17) is 13.9 Å². The first-order chi connectivity index (χ1) is 15.7. The van der Waals surface area contributed by atoms with Crippen LogP contribution in [0.4, 0.5) is 9.59 Å². The normalized spacial score (nSPS) is 26.0. The van der Waals surface area contributed by atoms with Gasteiger partial charge in [0.15, 0.2) is 8.32 Å². The number of imide groups is 1. The topological polar surface area (TPSA) is 106 Å². The van der Waals surface area contributed by atoms with Crippen LogP contribution in [-0.4, -0.2) is 73.8 Å². The van der Waals surface area contributed by atoms with E-state index in [9.17, 15) is 14.4 Å². The van der Waals surface area contributed by atoms with E-state index in [2.05, 4.69) is 44.5 Å². The monoisotopic (exact) mass is 513 g/mol. The number of carbonyl (C=O) groups is 3. The highest BCUT2D eigenvalue weighted by Crippen LogP contribution is 2.40. The van der Waals surface area contributed by atoms with Crippen LogP contribution < -0.4 is 10.6 Å². The Morgan fingerprint density at radius 1 is 0.914 bits per heavy atom. The molecule has 0 saturated carbocycles. The van der Waals surface area contributed by atoms with Crippen molar-refractivity contribution in [2.75, 3.05) is 13.1 Å². The molecule has 0 spiro atoms. The van der Waals surface area contributed by atoms with Gasteiger partial charge in [0.05, 0.1) is 12.1 Å². The molecule has 0 aliphatic carbocycles. The summed E-state index contributed by atoms with van der Waals surface area (Å²) >= 11 is 0. The second-order valence-electron chi connectivity index (χ2n) is 13.4. The maximum absolute atomic E-state index is 13.1. The summed E-state index contributed by atoms with van der Waals surface area (Å²) in [5.41, 5.74) is -1.29. The maximum atomic E-state index is 13.1. The van der Waals surface area contributed by atoms with Gasteiger partial charge in [-0.15, -0.1) is 0 Å². The molecule has 2 N–H and O–H groups in total. The van der Waals surface area contributed by atoms with Crippen molar-refractivity contribution in [1.29, 1.82) is 0 Å². The molecule has 4 atom stereocenters. The minimum Gasteiger partial charge on any atom is -0.444 e. The third-order valence-corrected chi connectivity index (χ3v) is 11.4. The van der Waals surface area contributed by atoms with Crippen molar-refractivity contribution in [2.45, 2.75) is 123 Å². The first-order valence-electron chi connectivity index (χ1n) is 12.6. The van der Waals surface area contributed by atoms with Crippen LogP contribution in [0.1, 0.15) is 75.2 Å². The highest BCUT2D eigenvalue weighted by atomic mass is 28.4. The Kier molecular flexibility index (Phi) is 8.77. The van der Waals surface area contributed by atoms with Gasteiger partial charge in [-0.3, -0.25) is 10.1 Å². The molecule has 3 amide bonds. The number of nitrogens with zero attached hydrogens (tertiary/aromatic N) is 1. The lowest BCUT2D eigenvalue weighted by Gasteiger charge is -2.38. The summed E-state index contributed by atoms with van der Waals surface area (Å²) in [6.07, 6.45) is 0.00422. The molecule has 0 bridgehead atoms. The molecule has 2 fully saturated rings. The molecule has 2 aliphatic heterocycles. The Labute approximate surface area is 212 Å². The molecule has 9 nitrogen and oxygen atoms in total. The van der Waals surface area contributed by atoms with Gasteiger partial charge in [0.2, 0.25) is 5.91 Å². The van der Waals surface area contributed by atoms with Gasteiger partial charge in [0.25, 0.3) is 0 Å². The number of amides is 3. The van der Waals surface area contributed by atoms with Crippen LogP contribution in [0, 0.1) is 5.92 Å². The molecule has 2 saturated heterocycles. The summed E-state index contributed by atoms with van der Waals surface area (Å²) in [5.74, 6) is -0.387. The van der Waals surface area contributed by atoms with Crippen molar-refractivity contribution >= 4 is 26.4 Å². The second kappa shape index (κ2) is 10.4. The first-order valence-corrected chi connectivity index (χ1v) is 15.5. The van der Waals surface area contributed by atoms with Gasteiger partial charge in [-0.1, -0.05) is 20.8 Å². The predicted molar refractivity (Wildman–Crippen MR) is 138 cm³/mol. The van der Waals surface area contributed by atoms with Crippen LogP contribution in [-0.2, 0) is 18.7 Å². The quantitative estimate of drug-likeness (QED) is 0.536. The zero-order chi connectivity index (χ0) is 27.0. The first kappa shape index (κ1) is 29.6. The van der Waals surface area contributed by atoms with Crippen LogP contribution in [0.5, 0.6) is 0 Å². The van der Waals surface area contributed by atoms with Gasteiger partial charge in [0.1, 0.15) is 11.2 Å². The highest BCUT2D eigenvalue weighted by Gasteiger charge is 2.48. The molecule has 0 aromatic carbocycles. The van der Waals surface area contributed by atoms with Crippen molar-refractivity contribution < 1.29 is 28.3 Å². The molecule has 0 aromatic rings. The molecule has 202 valence electrons. The lowest BCUT2D eigenvalue weighted by Crippen LogP contribution is -2.45. The summed E-state index contributed by atoms with van der Waals surface area (Å²) in [6.45, 7) is 22.9. The van der Waals surface area contributed by atoms with Crippen molar-refractivity contribution in [2.24, 2.45) is 5.92 Å². The summed E-state index contributed by atoms with van der Waals surface area (Å²) in [6, 6.07) is -0.653. The van der Waals surface area contributed by atoms with Gasteiger partial charge >= 0.3 is 12.2 Å². The summed E-state index contributed by atoms with van der Waals surface area (Å²) in [5, 5.41) is 5.60. The fraction of sp³-hybridized carbons (Fsp3) is 0.880. The number of nitrogens with one attached hydrogen (secondary N) is 2. The highest BCUT2D eigenvalue weighted by molar-refractivity contribution is 6.74. The smallest absolute Gasteiger partial charge is 0.414 e. The molecule has 35 heavy (non-hydrogen) atoms. The van der Waals surface area contributed by atoms with E-state index >= 15 is 0 Å². The van der Waals surface area contributed by atoms with Crippen molar-refractivity contribution in [3.8, 4) is 0 Å². The number of likely N-dealkylation sites (tertiary alicyclic amines) is 1. The van der Waals surface area contributed by atoms with Crippen LogP contribution in [0.25, 0.3) is 0 Å². The van der Waals surface area contributed by atoms with Gasteiger partial charge < -0.3 is 24.1 Å². The fourth-order valence-corrected chi connectivity index (χ4v) is 5.59. The summed E-state index contributed by atoms with van der Waals surface area (Å²) < 4.78 is 17.6. The maximum Gasteiger partial charge on any atom is 0.414 e. The molecule has 2 aliphatic rings. The van der Waals surface area contributed by atoms with Gasteiger partial charge in [-0.2, -0.15) is 0 Å². The lowest BCUT2D eigenvalue weighted by atomic mass is 9.94. The molecule has 10 heteroatoms. The van der Waals surface area contributed by atoms with Crippen LogP contribution in [0.3, 0.4) is 0 Å². The Morgan fingerprint density at radius 3 is 2.00 bits per heavy atom. The van der Waals surface area contributed by atoms with Crippen molar-refractivity contribution in [3.63, 3.8) is 0 Å². The molecule has 2 heterocycles. The van der Waals surface area contributed by atoms with E-state index in [1.165, 1.54) is 0 Å². The van der Waals surface area contributed by atoms with Gasteiger partial charge in [0, 0.05) is 19.1 Å². The van der Waals surface area contributed by atoms with E-state index in [-0.39, 0.29) is 29.2 Å². The minimum atomic E-state index is -2.03. The average Bonchev–Trinajstić information content (AvgIpc) is 3.23. The number of alkyl carbamates (subject to hydrolysis) is 1. The Hall–Kier alpha value is -1.65.